The Morgan fingerprint density at radius 1 is 1.19 bits per heavy atom. The van der Waals surface area contributed by atoms with Crippen LogP contribution in [0.1, 0.15) is 26.6 Å². The lowest BCUT2D eigenvalue weighted by molar-refractivity contribution is 0.0921. The molecule has 0 amide bonds. The first-order chi connectivity index (χ1) is 12.5. The Labute approximate surface area is 167 Å². The molecule has 0 spiro atoms. The molecule has 0 unspecified atom stereocenters. The number of benzene rings is 1. The summed E-state index contributed by atoms with van der Waals surface area (Å²) in [6.45, 7) is 4.80. The molecule has 2 aromatic heterocycles. The predicted molar refractivity (Wildman–Crippen MR) is 108 cm³/mol. The van der Waals surface area contributed by atoms with Crippen molar-refractivity contribution in [1.82, 2.24) is 4.57 Å². The molecule has 0 aliphatic carbocycles. The summed E-state index contributed by atoms with van der Waals surface area (Å²) in [6.07, 6.45) is 0.957. The number of carbonyl (C=O) groups excluding carboxylic acids is 1. The minimum atomic E-state index is -0.0634. The first-order valence-corrected chi connectivity index (χ1v) is 9.89. The summed E-state index contributed by atoms with van der Waals surface area (Å²) in [5, 5.41) is 3.01. The van der Waals surface area contributed by atoms with Crippen LogP contribution < -0.4 is 4.74 Å². The van der Waals surface area contributed by atoms with E-state index in [1.165, 1.54) is 4.88 Å². The van der Waals surface area contributed by atoms with E-state index in [-0.39, 0.29) is 12.4 Å². The highest BCUT2D eigenvalue weighted by atomic mass is 35.5. The van der Waals surface area contributed by atoms with Gasteiger partial charge in [-0.1, -0.05) is 29.3 Å². The molecule has 1 aromatic carbocycles. The van der Waals surface area contributed by atoms with E-state index in [9.17, 15) is 4.79 Å². The largest absolute Gasteiger partial charge is 0.484 e. The fourth-order valence-corrected chi connectivity index (χ4v) is 4.08. The number of ketones is 1. The number of ether oxygens (including phenoxy) is 1. The number of hydrogen-bond acceptors (Lipinski definition) is 3. The van der Waals surface area contributed by atoms with Gasteiger partial charge in [0.2, 0.25) is 5.78 Å². The third kappa shape index (κ3) is 4.32. The number of carbonyl (C=O) groups is 1. The molecule has 0 radical (unpaired) electrons. The number of Topliss-reactive ketones (excluding diaryl/α,β-unsaturated/α-hetero) is 1. The van der Waals surface area contributed by atoms with E-state index >= 15 is 0 Å². The van der Waals surface area contributed by atoms with Gasteiger partial charge in [-0.25, -0.2) is 0 Å². The van der Waals surface area contributed by atoms with E-state index in [0.717, 1.165) is 24.4 Å². The molecule has 0 saturated heterocycles. The zero-order valence-electron chi connectivity index (χ0n) is 14.6. The summed E-state index contributed by atoms with van der Waals surface area (Å²) < 4.78 is 7.77. The molecule has 0 aliphatic rings. The van der Waals surface area contributed by atoms with Crippen LogP contribution in [0.5, 0.6) is 5.75 Å². The molecular weight excluding hydrogens is 389 g/mol. The van der Waals surface area contributed by atoms with Gasteiger partial charge in [-0.3, -0.25) is 4.79 Å². The molecule has 3 aromatic rings. The van der Waals surface area contributed by atoms with Crippen molar-refractivity contribution in [3.63, 3.8) is 0 Å². The maximum Gasteiger partial charge on any atom is 0.202 e. The Morgan fingerprint density at radius 2 is 2.00 bits per heavy atom. The number of halogens is 2. The van der Waals surface area contributed by atoms with Gasteiger partial charge in [-0.15, -0.1) is 11.3 Å². The van der Waals surface area contributed by atoms with E-state index in [4.69, 9.17) is 27.9 Å². The second kappa shape index (κ2) is 8.30. The van der Waals surface area contributed by atoms with Crippen molar-refractivity contribution < 1.29 is 9.53 Å². The number of rotatable bonds is 7. The van der Waals surface area contributed by atoms with Gasteiger partial charge >= 0.3 is 0 Å². The van der Waals surface area contributed by atoms with Crippen molar-refractivity contribution in [2.45, 2.75) is 26.8 Å². The van der Waals surface area contributed by atoms with Crippen LogP contribution in [0.3, 0.4) is 0 Å². The molecule has 0 fully saturated rings. The molecule has 26 heavy (non-hydrogen) atoms. The van der Waals surface area contributed by atoms with Gasteiger partial charge in [0.1, 0.15) is 5.75 Å². The zero-order chi connectivity index (χ0) is 18.7. The Morgan fingerprint density at radius 3 is 2.69 bits per heavy atom. The van der Waals surface area contributed by atoms with Crippen LogP contribution in [0.4, 0.5) is 0 Å². The summed E-state index contributed by atoms with van der Waals surface area (Å²) >= 11 is 13.7. The Kier molecular flexibility index (Phi) is 6.07. The minimum Gasteiger partial charge on any atom is -0.484 e. The van der Waals surface area contributed by atoms with Gasteiger partial charge in [-0.05, 0) is 56.0 Å². The highest BCUT2D eigenvalue weighted by Crippen LogP contribution is 2.28. The number of aryl methyl sites for hydroxylation is 2. The normalized spacial score (nSPS) is 10.9. The lowest BCUT2D eigenvalue weighted by Gasteiger charge is -2.10. The molecule has 0 aliphatic heterocycles. The van der Waals surface area contributed by atoms with Crippen molar-refractivity contribution in [2.24, 2.45) is 0 Å². The van der Waals surface area contributed by atoms with E-state index in [1.54, 1.807) is 29.5 Å². The van der Waals surface area contributed by atoms with Gasteiger partial charge in [0.15, 0.2) is 6.61 Å². The second-order valence-electron chi connectivity index (χ2n) is 6.05. The van der Waals surface area contributed by atoms with Crippen LogP contribution in [0.2, 0.25) is 10.0 Å². The molecule has 6 heteroatoms. The van der Waals surface area contributed by atoms with E-state index in [2.05, 4.69) is 22.1 Å². The lowest BCUT2D eigenvalue weighted by Crippen LogP contribution is -2.13. The standard InChI is InChI=1S/C20H19Cl2NO2S/c1-13-10-17(14(2)23(13)8-7-16-4-3-9-26-16)19(24)12-25-20-6-5-15(21)11-18(20)22/h3-6,9-11H,7-8,12H2,1-2H3. The van der Waals surface area contributed by atoms with Crippen LogP contribution in [-0.4, -0.2) is 17.0 Å². The molecule has 3 nitrogen and oxygen atoms in total. The van der Waals surface area contributed by atoms with Gasteiger partial charge < -0.3 is 9.30 Å². The smallest absolute Gasteiger partial charge is 0.202 e. The Hall–Kier alpha value is -1.75. The third-order valence-corrected chi connectivity index (χ3v) is 5.76. The van der Waals surface area contributed by atoms with E-state index in [1.807, 2.05) is 19.9 Å². The highest BCUT2D eigenvalue weighted by Gasteiger charge is 2.17. The van der Waals surface area contributed by atoms with Crippen molar-refractivity contribution >= 4 is 40.3 Å². The number of nitrogens with zero attached hydrogens (tertiary/aromatic N) is 1. The Balaban J connectivity index is 1.68. The van der Waals surface area contributed by atoms with Crippen molar-refractivity contribution in [3.05, 3.63) is 73.7 Å². The van der Waals surface area contributed by atoms with Crippen molar-refractivity contribution in [2.75, 3.05) is 6.61 Å². The van der Waals surface area contributed by atoms with Crippen molar-refractivity contribution in [3.8, 4) is 5.75 Å². The molecule has 3 rings (SSSR count). The van der Waals surface area contributed by atoms with Gasteiger partial charge in [-0.2, -0.15) is 0 Å². The van der Waals surface area contributed by atoms with Crippen LogP contribution >= 0.6 is 34.5 Å². The molecule has 136 valence electrons. The van der Waals surface area contributed by atoms with Crippen LogP contribution in [0.15, 0.2) is 41.8 Å². The SMILES string of the molecule is Cc1cc(C(=O)COc2ccc(Cl)cc2Cl)c(C)n1CCc1cccs1. The number of hydrogen-bond donors (Lipinski definition) is 0. The monoisotopic (exact) mass is 407 g/mol. The van der Waals surface area contributed by atoms with Crippen LogP contribution in [0, 0.1) is 13.8 Å². The third-order valence-electron chi connectivity index (χ3n) is 4.29. The minimum absolute atomic E-state index is 0.0590. The quantitative estimate of drug-likeness (QED) is 0.451. The highest BCUT2D eigenvalue weighted by molar-refractivity contribution is 7.09. The van der Waals surface area contributed by atoms with Gasteiger partial charge in [0.05, 0.1) is 5.02 Å². The Bertz CT molecular complexity index is 916. The van der Waals surface area contributed by atoms with Crippen molar-refractivity contribution in [1.29, 1.82) is 0 Å². The van der Waals surface area contributed by atoms with E-state index in [0.29, 0.717) is 21.4 Å². The maximum atomic E-state index is 12.6. The van der Waals surface area contributed by atoms with Gasteiger partial charge in [0, 0.05) is 33.4 Å². The lowest BCUT2D eigenvalue weighted by atomic mass is 10.1. The zero-order valence-corrected chi connectivity index (χ0v) is 16.9. The molecule has 0 bridgehead atoms. The molecule has 2 heterocycles. The summed E-state index contributed by atoms with van der Waals surface area (Å²) in [5.74, 6) is 0.391. The average Bonchev–Trinajstić information content (AvgIpc) is 3.21. The summed E-state index contributed by atoms with van der Waals surface area (Å²) in [5.41, 5.74) is 2.74. The van der Waals surface area contributed by atoms with Crippen LogP contribution in [0.25, 0.3) is 0 Å². The predicted octanol–water partition coefficient (Wildman–Crippen LogP) is 5.98. The average molecular weight is 408 g/mol. The van der Waals surface area contributed by atoms with Crippen LogP contribution in [-0.2, 0) is 13.0 Å². The van der Waals surface area contributed by atoms with E-state index < -0.39 is 0 Å². The number of aromatic nitrogens is 1. The molecular formula is C20H19Cl2NO2S. The maximum absolute atomic E-state index is 12.6. The molecule has 0 saturated carbocycles. The summed E-state index contributed by atoms with van der Waals surface area (Å²) in [4.78, 5) is 13.9. The summed E-state index contributed by atoms with van der Waals surface area (Å²) in [6, 6.07) is 11.1. The first kappa shape index (κ1) is 19.0. The fraction of sp³-hybridized carbons (Fsp3) is 0.250. The molecule has 0 atom stereocenters. The topological polar surface area (TPSA) is 31.2 Å². The fourth-order valence-electron chi connectivity index (χ4n) is 2.92. The second-order valence-corrected chi connectivity index (χ2v) is 7.93. The number of thiophene rings is 1. The summed E-state index contributed by atoms with van der Waals surface area (Å²) in [7, 11) is 0. The van der Waals surface area contributed by atoms with Gasteiger partial charge in [0.25, 0.3) is 0 Å². The first-order valence-electron chi connectivity index (χ1n) is 8.26. The molecule has 0 N–H and O–H groups in total.